The van der Waals surface area contributed by atoms with Crippen LogP contribution in [0.15, 0.2) is 18.2 Å². The summed E-state index contributed by atoms with van der Waals surface area (Å²) in [5.41, 5.74) is -1.33. The first-order chi connectivity index (χ1) is 9.74. The Hall–Kier alpha value is -2.56. The number of halogens is 3. The molecule has 0 bridgehead atoms. The average Bonchev–Trinajstić information content (AvgIpc) is 2.37. The number of anilines is 1. The Morgan fingerprint density at radius 3 is 2.48 bits per heavy atom. The first-order valence-electron chi connectivity index (χ1n) is 5.87. The van der Waals surface area contributed by atoms with E-state index in [0.717, 1.165) is 12.1 Å². The van der Waals surface area contributed by atoms with E-state index in [1.54, 1.807) is 6.07 Å². The number of alkyl halides is 3. The number of carboxylic acid groups (broad SMARTS) is 1. The van der Waals surface area contributed by atoms with E-state index in [4.69, 9.17) is 10.4 Å². The van der Waals surface area contributed by atoms with Gasteiger partial charge in [0, 0.05) is 12.8 Å². The van der Waals surface area contributed by atoms with Crippen LogP contribution < -0.4 is 5.32 Å². The number of carbonyl (C=O) groups excluding carboxylic acids is 1. The molecule has 112 valence electrons. The standard InChI is InChI=1S/C13H11F3N2O3/c14-13(15,16)9-4-5-10(8(6-9)7-17)18-11(19)2-1-3-12(20)21/h4-6H,1-3H2,(H,18,19)(H,20,21). The van der Waals surface area contributed by atoms with Crippen LogP contribution in [0.4, 0.5) is 18.9 Å². The summed E-state index contributed by atoms with van der Waals surface area (Å²) in [5, 5.41) is 19.5. The van der Waals surface area contributed by atoms with E-state index >= 15 is 0 Å². The minimum absolute atomic E-state index is 0.0363. The number of hydrogen-bond acceptors (Lipinski definition) is 3. The summed E-state index contributed by atoms with van der Waals surface area (Å²) >= 11 is 0. The lowest BCUT2D eigenvalue weighted by atomic mass is 10.1. The maximum absolute atomic E-state index is 12.5. The Labute approximate surface area is 118 Å². The second-order valence-corrected chi connectivity index (χ2v) is 4.17. The summed E-state index contributed by atoms with van der Waals surface area (Å²) in [6.07, 6.45) is -4.76. The van der Waals surface area contributed by atoms with Gasteiger partial charge in [-0.15, -0.1) is 0 Å². The van der Waals surface area contributed by atoms with Gasteiger partial charge in [0.1, 0.15) is 6.07 Å². The van der Waals surface area contributed by atoms with Crippen LogP contribution in [-0.4, -0.2) is 17.0 Å². The maximum atomic E-state index is 12.5. The average molecular weight is 300 g/mol. The zero-order valence-electron chi connectivity index (χ0n) is 10.7. The summed E-state index contributed by atoms with van der Waals surface area (Å²) in [6.45, 7) is 0. The highest BCUT2D eigenvalue weighted by Crippen LogP contribution is 2.31. The van der Waals surface area contributed by atoms with Crippen molar-refractivity contribution in [1.29, 1.82) is 5.26 Å². The molecule has 1 rings (SSSR count). The molecule has 0 aliphatic rings. The highest BCUT2D eigenvalue weighted by Gasteiger charge is 2.31. The Balaban J connectivity index is 2.78. The van der Waals surface area contributed by atoms with E-state index in [1.807, 2.05) is 0 Å². The van der Waals surface area contributed by atoms with Crippen molar-refractivity contribution >= 4 is 17.6 Å². The SMILES string of the molecule is N#Cc1cc(C(F)(F)F)ccc1NC(=O)CCCC(=O)O. The fourth-order valence-electron chi connectivity index (χ4n) is 1.53. The number of carbonyl (C=O) groups is 2. The van der Waals surface area contributed by atoms with Crippen molar-refractivity contribution in [2.45, 2.75) is 25.4 Å². The lowest BCUT2D eigenvalue weighted by Crippen LogP contribution is -2.14. The largest absolute Gasteiger partial charge is 0.481 e. The van der Waals surface area contributed by atoms with E-state index in [-0.39, 0.29) is 30.5 Å². The van der Waals surface area contributed by atoms with Crippen LogP contribution in [0.25, 0.3) is 0 Å². The van der Waals surface area contributed by atoms with Gasteiger partial charge in [0.25, 0.3) is 0 Å². The van der Waals surface area contributed by atoms with Crippen molar-refractivity contribution < 1.29 is 27.9 Å². The third-order valence-corrected chi connectivity index (χ3v) is 2.54. The van der Waals surface area contributed by atoms with Crippen molar-refractivity contribution in [2.75, 3.05) is 5.32 Å². The molecule has 0 spiro atoms. The minimum Gasteiger partial charge on any atom is -0.481 e. The molecule has 0 heterocycles. The first-order valence-corrected chi connectivity index (χ1v) is 5.87. The number of nitrogens with one attached hydrogen (secondary N) is 1. The second kappa shape index (κ2) is 6.74. The monoisotopic (exact) mass is 300 g/mol. The van der Waals surface area contributed by atoms with Crippen molar-refractivity contribution in [3.05, 3.63) is 29.3 Å². The fourth-order valence-corrected chi connectivity index (χ4v) is 1.53. The molecule has 2 N–H and O–H groups in total. The van der Waals surface area contributed by atoms with E-state index < -0.39 is 23.6 Å². The number of hydrogen-bond donors (Lipinski definition) is 2. The van der Waals surface area contributed by atoms with Crippen LogP contribution in [0.3, 0.4) is 0 Å². The number of benzene rings is 1. The second-order valence-electron chi connectivity index (χ2n) is 4.17. The Morgan fingerprint density at radius 1 is 1.29 bits per heavy atom. The quantitative estimate of drug-likeness (QED) is 0.874. The molecule has 0 saturated carbocycles. The van der Waals surface area contributed by atoms with Gasteiger partial charge in [-0.05, 0) is 24.6 Å². The zero-order valence-corrected chi connectivity index (χ0v) is 10.7. The van der Waals surface area contributed by atoms with Gasteiger partial charge in [0.15, 0.2) is 0 Å². The molecule has 0 aromatic heterocycles. The Bertz CT molecular complexity index is 591. The molecule has 1 aromatic rings. The van der Waals surface area contributed by atoms with E-state index in [9.17, 15) is 22.8 Å². The molecular formula is C13H11F3N2O3. The van der Waals surface area contributed by atoms with Crippen LogP contribution in [0.1, 0.15) is 30.4 Å². The van der Waals surface area contributed by atoms with E-state index in [2.05, 4.69) is 5.32 Å². The number of carboxylic acids is 1. The lowest BCUT2D eigenvalue weighted by molar-refractivity contribution is -0.138. The van der Waals surface area contributed by atoms with Gasteiger partial charge in [0.2, 0.25) is 5.91 Å². The van der Waals surface area contributed by atoms with Crippen molar-refractivity contribution in [3.8, 4) is 6.07 Å². The van der Waals surface area contributed by atoms with Gasteiger partial charge in [0.05, 0.1) is 16.8 Å². The van der Waals surface area contributed by atoms with Crippen molar-refractivity contribution in [1.82, 2.24) is 0 Å². The smallest absolute Gasteiger partial charge is 0.416 e. The molecule has 1 aromatic carbocycles. The van der Waals surface area contributed by atoms with E-state index in [1.165, 1.54) is 0 Å². The van der Waals surface area contributed by atoms with Crippen LogP contribution in [-0.2, 0) is 15.8 Å². The van der Waals surface area contributed by atoms with Gasteiger partial charge in [-0.1, -0.05) is 0 Å². The lowest BCUT2D eigenvalue weighted by Gasteiger charge is -2.10. The number of rotatable bonds is 5. The van der Waals surface area contributed by atoms with Crippen LogP contribution in [0.2, 0.25) is 0 Å². The number of nitrogens with zero attached hydrogens (tertiary/aromatic N) is 1. The molecule has 5 nitrogen and oxygen atoms in total. The summed E-state index contributed by atoms with van der Waals surface area (Å²) in [6, 6.07) is 3.98. The molecule has 1 amide bonds. The minimum atomic E-state index is -4.57. The van der Waals surface area contributed by atoms with Gasteiger partial charge in [-0.2, -0.15) is 18.4 Å². The predicted molar refractivity (Wildman–Crippen MR) is 66.3 cm³/mol. The first kappa shape index (κ1) is 16.5. The molecule has 0 unspecified atom stereocenters. The summed E-state index contributed by atoms with van der Waals surface area (Å²) in [7, 11) is 0. The number of amides is 1. The van der Waals surface area contributed by atoms with Gasteiger partial charge in [-0.3, -0.25) is 9.59 Å². The molecule has 0 radical (unpaired) electrons. The summed E-state index contributed by atoms with van der Waals surface area (Å²) in [5.74, 6) is -1.61. The molecule has 8 heteroatoms. The van der Waals surface area contributed by atoms with Gasteiger partial charge in [-0.25, -0.2) is 0 Å². The third kappa shape index (κ3) is 5.14. The molecule has 0 fully saturated rings. The van der Waals surface area contributed by atoms with Crippen molar-refractivity contribution in [2.24, 2.45) is 0 Å². The highest BCUT2D eigenvalue weighted by atomic mass is 19.4. The maximum Gasteiger partial charge on any atom is 0.416 e. The zero-order chi connectivity index (χ0) is 16.0. The Kier molecular flexibility index (Phi) is 5.30. The molecule has 21 heavy (non-hydrogen) atoms. The van der Waals surface area contributed by atoms with Crippen molar-refractivity contribution in [3.63, 3.8) is 0 Å². The van der Waals surface area contributed by atoms with E-state index in [0.29, 0.717) is 6.07 Å². The predicted octanol–water partition coefficient (Wildman–Crippen LogP) is 2.77. The molecule has 0 aliphatic carbocycles. The summed E-state index contributed by atoms with van der Waals surface area (Å²) in [4.78, 5) is 21.8. The molecule has 0 atom stereocenters. The van der Waals surface area contributed by atoms with Gasteiger partial charge < -0.3 is 10.4 Å². The third-order valence-electron chi connectivity index (χ3n) is 2.54. The number of nitriles is 1. The molecule has 0 aliphatic heterocycles. The fraction of sp³-hybridized carbons (Fsp3) is 0.308. The number of aliphatic carboxylic acids is 1. The summed E-state index contributed by atoms with van der Waals surface area (Å²) < 4.78 is 37.5. The van der Waals surface area contributed by atoms with Gasteiger partial charge >= 0.3 is 12.1 Å². The van der Waals surface area contributed by atoms with Crippen LogP contribution in [0.5, 0.6) is 0 Å². The Morgan fingerprint density at radius 2 is 1.95 bits per heavy atom. The topological polar surface area (TPSA) is 90.2 Å². The molecular weight excluding hydrogens is 289 g/mol. The highest BCUT2D eigenvalue weighted by molar-refractivity contribution is 5.92. The molecule has 0 saturated heterocycles. The van der Waals surface area contributed by atoms with Crippen LogP contribution in [0, 0.1) is 11.3 Å². The van der Waals surface area contributed by atoms with Crippen LogP contribution >= 0.6 is 0 Å². The normalized spacial score (nSPS) is 10.8.